The minimum atomic E-state index is 0.773. The van der Waals surface area contributed by atoms with E-state index in [2.05, 4.69) is 24.4 Å². The highest BCUT2D eigenvalue weighted by molar-refractivity contribution is 4.81. The Morgan fingerprint density at radius 3 is 2.17 bits per heavy atom. The van der Waals surface area contributed by atoms with Crippen LogP contribution in [0, 0.1) is 5.92 Å². The molecule has 1 N–H and O–H groups in total. The zero-order chi connectivity index (χ0) is 16.4. The van der Waals surface area contributed by atoms with Crippen molar-refractivity contribution >= 4 is 0 Å². The van der Waals surface area contributed by atoms with Crippen LogP contribution in [0.25, 0.3) is 0 Å². The summed E-state index contributed by atoms with van der Waals surface area (Å²) in [4.78, 5) is 0. The van der Waals surface area contributed by atoms with Gasteiger partial charge >= 0.3 is 0 Å². The summed E-state index contributed by atoms with van der Waals surface area (Å²) in [5.74, 6) is 0.773. The van der Waals surface area contributed by atoms with E-state index < -0.39 is 0 Å². The molecule has 1 heterocycles. The van der Waals surface area contributed by atoms with Crippen molar-refractivity contribution in [3.8, 4) is 0 Å². The maximum atomic E-state index is 5.78. The monoisotopic (exact) mass is 323 g/mol. The molecule has 0 amide bonds. The number of hydrogen-bond donors (Lipinski definition) is 1. The number of unbranched alkanes of at least 4 members (excludes halogenated alkanes) is 10. The van der Waals surface area contributed by atoms with Crippen molar-refractivity contribution in [2.24, 2.45) is 5.92 Å². The van der Waals surface area contributed by atoms with Gasteiger partial charge in [0.1, 0.15) is 0 Å². The van der Waals surface area contributed by atoms with Gasteiger partial charge in [-0.3, -0.25) is 0 Å². The molecule has 1 fully saturated rings. The van der Waals surface area contributed by atoms with Crippen LogP contribution >= 0.6 is 0 Å². The SMILES string of the molecule is CCCCCC/C=C\CCCCCCCCOCC1CCNC1. The van der Waals surface area contributed by atoms with Gasteiger partial charge in [-0.2, -0.15) is 0 Å². The van der Waals surface area contributed by atoms with Gasteiger partial charge in [-0.1, -0.05) is 64.0 Å². The summed E-state index contributed by atoms with van der Waals surface area (Å²) in [6.07, 6.45) is 22.3. The normalized spacial score (nSPS) is 18.2. The van der Waals surface area contributed by atoms with Gasteiger partial charge in [-0.05, 0) is 51.0 Å². The van der Waals surface area contributed by atoms with E-state index in [1.54, 1.807) is 0 Å². The Balaban J connectivity index is 1.68. The van der Waals surface area contributed by atoms with Gasteiger partial charge in [0.25, 0.3) is 0 Å². The molecule has 0 radical (unpaired) electrons. The molecule has 1 atom stereocenters. The Kier molecular flexibility index (Phi) is 14.9. The molecule has 2 nitrogen and oxygen atoms in total. The molecule has 2 heteroatoms. The third kappa shape index (κ3) is 13.8. The fourth-order valence-corrected chi connectivity index (χ4v) is 3.20. The van der Waals surface area contributed by atoms with Crippen molar-refractivity contribution in [2.45, 2.75) is 90.4 Å². The van der Waals surface area contributed by atoms with Crippen molar-refractivity contribution in [2.75, 3.05) is 26.3 Å². The molecular weight excluding hydrogens is 282 g/mol. The summed E-state index contributed by atoms with van der Waals surface area (Å²) in [5.41, 5.74) is 0. The second-order valence-corrected chi connectivity index (χ2v) is 7.16. The van der Waals surface area contributed by atoms with E-state index >= 15 is 0 Å². The molecule has 1 aliphatic rings. The second kappa shape index (κ2) is 16.5. The molecule has 0 bridgehead atoms. The van der Waals surface area contributed by atoms with Crippen molar-refractivity contribution in [3.05, 3.63) is 12.2 Å². The molecule has 0 aromatic carbocycles. The number of hydrogen-bond acceptors (Lipinski definition) is 2. The lowest BCUT2D eigenvalue weighted by molar-refractivity contribution is 0.101. The number of ether oxygens (including phenoxy) is 1. The topological polar surface area (TPSA) is 21.3 Å². The van der Waals surface area contributed by atoms with Crippen LogP contribution in [0.3, 0.4) is 0 Å². The molecule has 1 saturated heterocycles. The summed E-state index contributed by atoms with van der Waals surface area (Å²) in [5, 5.41) is 3.39. The minimum Gasteiger partial charge on any atom is -0.381 e. The quantitative estimate of drug-likeness (QED) is 0.283. The summed E-state index contributed by atoms with van der Waals surface area (Å²) < 4.78 is 5.78. The predicted octanol–water partition coefficient (Wildman–Crippen LogP) is 5.87. The summed E-state index contributed by atoms with van der Waals surface area (Å²) >= 11 is 0. The van der Waals surface area contributed by atoms with Crippen LogP contribution in [-0.2, 0) is 4.74 Å². The fourth-order valence-electron chi connectivity index (χ4n) is 3.20. The standard InChI is InChI=1S/C21H41NO/c1-2-3-4-5-6-7-8-9-10-11-12-13-14-15-18-23-20-21-16-17-22-19-21/h7-8,21-22H,2-6,9-20H2,1H3/b8-7-. The lowest BCUT2D eigenvalue weighted by Crippen LogP contribution is -2.14. The fraction of sp³-hybridized carbons (Fsp3) is 0.905. The number of nitrogens with one attached hydrogen (secondary N) is 1. The smallest absolute Gasteiger partial charge is 0.0506 e. The summed E-state index contributed by atoms with van der Waals surface area (Å²) in [6.45, 7) is 6.56. The molecule has 0 spiro atoms. The van der Waals surface area contributed by atoms with E-state index in [9.17, 15) is 0 Å². The van der Waals surface area contributed by atoms with E-state index in [4.69, 9.17) is 4.74 Å². The first-order chi connectivity index (χ1) is 11.4. The molecule has 0 saturated carbocycles. The van der Waals surface area contributed by atoms with Crippen LogP contribution in [0.2, 0.25) is 0 Å². The van der Waals surface area contributed by atoms with Gasteiger partial charge in [0.15, 0.2) is 0 Å². The van der Waals surface area contributed by atoms with Gasteiger partial charge < -0.3 is 10.1 Å². The minimum absolute atomic E-state index is 0.773. The molecule has 23 heavy (non-hydrogen) atoms. The Bertz CT molecular complexity index is 259. The molecule has 0 aromatic heterocycles. The average molecular weight is 324 g/mol. The number of allylic oxidation sites excluding steroid dienone is 2. The Labute approximate surface area is 145 Å². The van der Waals surface area contributed by atoms with Crippen LogP contribution in [0.4, 0.5) is 0 Å². The molecule has 0 aliphatic carbocycles. The largest absolute Gasteiger partial charge is 0.381 e. The van der Waals surface area contributed by atoms with Gasteiger partial charge in [0.2, 0.25) is 0 Å². The number of rotatable bonds is 16. The third-order valence-electron chi connectivity index (χ3n) is 4.82. The first-order valence-corrected chi connectivity index (χ1v) is 10.4. The van der Waals surface area contributed by atoms with Gasteiger partial charge in [-0.15, -0.1) is 0 Å². The van der Waals surface area contributed by atoms with Gasteiger partial charge in [0.05, 0.1) is 6.61 Å². The van der Waals surface area contributed by atoms with Crippen LogP contribution in [0.15, 0.2) is 12.2 Å². The zero-order valence-electron chi connectivity index (χ0n) is 15.7. The second-order valence-electron chi connectivity index (χ2n) is 7.16. The zero-order valence-corrected chi connectivity index (χ0v) is 15.7. The predicted molar refractivity (Wildman–Crippen MR) is 102 cm³/mol. The van der Waals surface area contributed by atoms with Crippen molar-refractivity contribution in [1.29, 1.82) is 0 Å². The summed E-state index contributed by atoms with van der Waals surface area (Å²) in [6, 6.07) is 0. The highest BCUT2D eigenvalue weighted by Crippen LogP contribution is 2.10. The Hall–Kier alpha value is -0.340. The maximum Gasteiger partial charge on any atom is 0.0506 e. The van der Waals surface area contributed by atoms with Crippen molar-refractivity contribution in [1.82, 2.24) is 5.32 Å². The first kappa shape index (κ1) is 20.7. The van der Waals surface area contributed by atoms with Gasteiger partial charge in [0, 0.05) is 13.2 Å². The highest BCUT2D eigenvalue weighted by atomic mass is 16.5. The van der Waals surface area contributed by atoms with Crippen LogP contribution in [0.1, 0.15) is 90.4 Å². The molecular formula is C21H41NO. The highest BCUT2D eigenvalue weighted by Gasteiger charge is 2.13. The molecule has 1 rings (SSSR count). The van der Waals surface area contributed by atoms with Crippen LogP contribution in [-0.4, -0.2) is 26.3 Å². The van der Waals surface area contributed by atoms with Crippen LogP contribution in [0.5, 0.6) is 0 Å². The molecule has 136 valence electrons. The molecule has 1 unspecified atom stereocenters. The lowest BCUT2D eigenvalue weighted by Gasteiger charge is -2.09. The van der Waals surface area contributed by atoms with E-state index in [-0.39, 0.29) is 0 Å². The van der Waals surface area contributed by atoms with Crippen molar-refractivity contribution < 1.29 is 4.74 Å². The summed E-state index contributed by atoms with van der Waals surface area (Å²) in [7, 11) is 0. The Morgan fingerprint density at radius 2 is 1.52 bits per heavy atom. The molecule has 1 aliphatic heterocycles. The van der Waals surface area contributed by atoms with Crippen LogP contribution < -0.4 is 5.32 Å². The Morgan fingerprint density at radius 1 is 0.870 bits per heavy atom. The lowest BCUT2D eigenvalue weighted by atomic mass is 10.1. The van der Waals surface area contributed by atoms with E-state index in [0.717, 1.165) is 25.7 Å². The van der Waals surface area contributed by atoms with E-state index in [0.29, 0.717) is 0 Å². The maximum absolute atomic E-state index is 5.78. The average Bonchev–Trinajstić information content (AvgIpc) is 3.08. The van der Waals surface area contributed by atoms with E-state index in [1.807, 2.05) is 0 Å². The first-order valence-electron chi connectivity index (χ1n) is 10.4. The van der Waals surface area contributed by atoms with E-state index in [1.165, 1.54) is 90.0 Å². The van der Waals surface area contributed by atoms with Gasteiger partial charge in [-0.25, -0.2) is 0 Å². The van der Waals surface area contributed by atoms with Crippen molar-refractivity contribution in [3.63, 3.8) is 0 Å². The molecule has 0 aromatic rings. The third-order valence-corrected chi connectivity index (χ3v) is 4.82.